The summed E-state index contributed by atoms with van der Waals surface area (Å²) in [6.45, 7) is 3.95. The average Bonchev–Trinajstić information content (AvgIpc) is 2.72. The Balaban J connectivity index is 2.09. The standard InChI is InChI=1S/C20H25ClN2O5S/c1-4-23(14-20(24)22-13-15-8-6-7-9-18(15)27-3)29(25,26)16-10-11-19(28-5-2)17(21)12-16/h6-12H,4-5,13-14H2,1-3H3,(H,22,24). The predicted octanol–water partition coefficient (Wildman–Crippen LogP) is 3.07. The molecule has 0 heterocycles. The van der Waals surface area contributed by atoms with Crippen molar-refractivity contribution < 1.29 is 22.7 Å². The third-order valence-electron chi connectivity index (χ3n) is 4.18. The molecule has 0 radical (unpaired) electrons. The Labute approximate surface area is 176 Å². The van der Waals surface area contributed by atoms with E-state index >= 15 is 0 Å². The van der Waals surface area contributed by atoms with E-state index in [0.29, 0.717) is 18.1 Å². The molecule has 1 N–H and O–H groups in total. The maximum atomic E-state index is 12.9. The fraction of sp³-hybridized carbons (Fsp3) is 0.350. The van der Waals surface area contributed by atoms with Crippen LogP contribution in [0, 0.1) is 0 Å². The van der Waals surface area contributed by atoms with Crippen LogP contribution in [-0.2, 0) is 21.4 Å². The highest BCUT2D eigenvalue weighted by atomic mass is 35.5. The Morgan fingerprint density at radius 3 is 2.48 bits per heavy atom. The van der Waals surface area contributed by atoms with E-state index in [4.69, 9.17) is 21.1 Å². The fourth-order valence-electron chi connectivity index (χ4n) is 2.69. The number of nitrogens with one attached hydrogen (secondary N) is 1. The number of carbonyl (C=O) groups is 1. The number of likely N-dealkylation sites (N-methyl/N-ethyl adjacent to an activating group) is 1. The van der Waals surface area contributed by atoms with Crippen molar-refractivity contribution in [1.82, 2.24) is 9.62 Å². The molecular formula is C20H25ClN2O5S. The second-order valence-electron chi connectivity index (χ2n) is 6.05. The first-order valence-electron chi connectivity index (χ1n) is 9.14. The zero-order chi connectivity index (χ0) is 21.4. The maximum absolute atomic E-state index is 12.9. The molecule has 0 atom stereocenters. The summed E-state index contributed by atoms with van der Waals surface area (Å²) in [7, 11) is -2.34. The molecule has 0 aliphatic carbocycles. The number of carbonyl (C=O) groups excluding carboxylic acids is 1. The lowest BCUT2D eigenvalue weighted by Crippen LogP contribution is -2.40. The van der Waals surface area contributed by atoms with Gasteiger partial charge in [-0.15, -0.1) is 0 Å². The molecule has 0 saturated carbocycles. The van der Waals surface area contributed by atoms with Crippen molar-refractivity contribution in [3.63, 3.8) is 0 Å². The second-order valence-corrected chi connectivity index (χ2v) is 8.39. The molecule has 2 rings (SSSR count). The minimum absolute atomic E-state index is 0.00494. The molecule has 0 saturated heterocycles. The molecule has 29 heavy (non-hydrogen) atoms. The number of hydrogen-bond donors (Lipinski definition) is 1. The van der Waals surface area contributed by atoms with Gasteiger partial charge in [0.2, 0.25) is 15.9 Å². The van der Waals surface area contributed by atoms with E-state index in [-0.39, 0.29) is 29.6 Å². The van der Waals surface area contributed by atoms with Gasteiger partial charge in [-0.2, -0.15) is 4.31 Å². The number of amides is 1. The molecular weight excluding hydrogens is 416 g/mol. The number of hydrogen-bond acceptors (Lipinski definition) is 5. The Kier molecular flexibility index (Phi) is 8.31. The third kappa shape index (κ3) is 5.85. The van der Waals surface area contributed by atoms with Gasteiger partial charge < -0.3 is 14.8 Å². The van der Waals surface area contributed by atoms with Crippen LogP contribution < -0.4 is 14.8 Å². The molecule has 7 nitrogen and oxygen atoms in total. The van der Waals surface area contributed by atoms with Crippen LogP contribution in [0.5, 0.6) is 11.5 Å². The highest BCUT2D eigenvalue weighted by molar-refractivity contribution is 7.89. The molecule has 0 spiro atoms. The summed E-state index contributed by atoms with van der Waals surface area (Å²) in [5.74, 6) is 0.640. The largest absolute Gasteiger partial charge is 0.496 e. The normalized spacial score (nSPS) is 11.3. The number of halogens is 1. The Hall–Kier alpha value is -2.29. The average molecular weight is 441 g/mol. The predicted molar refractivity (Wildman–Crippen MR) is 112 cm³/mol. The quantitative estimate of drug-likeness (QED) is 0.613. The zero-order valence-corrected chi connectivity index (χ0v) is 18.2. The summed E-state index contributed by atoms with van der Waals surface area (Å²) in [6.07, 6.45) is 0. The van der Waals surface area contributed by atoms with E-state index in [0.717, 1.165) is 9.87 Å². The summed E-state index contributed by atoms with van der Waals surface area (Å²) in [5, 5.41) is 2.93. The third-order valence-corrected chi connectivity index (χ3v) is 6.39. The summed E-state index contributed by atoms with van der Waals surface area (Å²) in [4.78, 5) is 12.4. The number of rotatable bonds is 10. The summed E-state index contributed by atoms with van der Waals surface area (Å²) in [5.41, 5.74) is 0.799. The van der Waals surface area contributed by atoms with Gasteiger partial charge in [-0.3, -0.25) is 4.79 Å². The first kappa shape index (κ1) is 23.0. The van der Waals surface area contributed by atoms with Crippen molar-refractivity contribution >= 4 is 27.5 Å². The molecule has 158 valence electrons. The van der Waals surface area contributed by atoms with Crippen LogP contribution in [0.4, 0.5) is 0 Å². The van der Waals surface area contributed by atoms with Gasteiger partial charge in [0.05, 0.1) is 30.2 Å². The van der Waals surface area contributed by atoms with E-state index in [1.54, 1.807) is 20.1 Å². The SMILES string of the molecule is CCOc1ccc(S(=O)(=O)N(CC)CC(=O)NCc2ccccc2OC)cc1Cl. The Bertz CT molecular complexity index is 950. The smallest absolute Gasteiger partial charge is 0.243 e. The Morgan fingerprint density at radius 2 is 1.86 bits per heavy atom. The monoisotopic (exact) mass is 440 g/mol. The van der Waals surface area contributed by atoms with Crippen molar-refractivity contribution in [1.29, 1.82) is 0 Å². The lowest BCUT2D eigenvalue weighted by molar-refractivity contribution is -0.121. The molecule has 0 aromatic heterocycles. The maximum Gasteiger partial charge on any atom is 0.243 e. The molecule has 2 aromatic carbocycles. The molecule has 9 heteroatoms. The van der Waals surface area contributed by atoms with Crippen LogP contribution in [0.3, 0.4) is 0 Å². The molecule has 1 amide bonds. The number of sulfonamides is 1. The number of methoxy groups -OCH3 is 1. The summed E-state index contributed by atoms with van der Waals surface area (Å²) in [6, 6.07) is 11.5. The van der Waals surface area contributed by atoms with E-state index in [1.807, 2.05) is 25.1 Å². The zero-order valence-electron chi connectivity index (χ0n) is 16.6. The minimum atomic E-state index is -3.89. The van der Waals surface area contributed by atoms with Crippen molar-refractivity contribution in [3.05, 3.63) is 53.1 Å². The van der Waals surface area contributed by atoms with Crippen LogP contribution in [0.25, 0.3) is 0 Å². The van der Waals surface area contributed by atoms with Crippen LogP contribution in [0.1, 0.15) is 19.4 Å². The minimum Gasteiger partial charge on any atom is -0.496 e. The molecule has 0 aliphatic rings. The van der Waals surface area contributed by atoms with Crippen molar-refractivity contribution in [3.8, 4) is 11.5 Å². The molecule has 2 aromatic rings. The summed E-state index contributed by atoms with van der Waals surface area (Å²) < 4.78 is 37.5. The van der Waals surface area contributed by atoms with Crippen LogP contribution in [-0.4, -0.2) is 45.4 Å². The van der Waals surface area contributed by atoms with Gasteiger partial charge in [-0.25, -0.2) is 8.42 Å². The van der Waals surface area contributed by atoms with Gasteiger partial charge in [-0.1, -0.05) is 36.7 Å². The van der Waals surface area contributed by atoms with Crippen molar-refractivity contribution in [2.75, 3.05) is 26.8 Å². The van der Waals surface area contributed by atoms with Crippen molar-refractivity contribution in [2.45, 2.75) is 25.3 Å². The number of benzene rings is 2. The Morgan fingerprint density at radius 1 is 1.14 bits per heavy atom. The number of para-hydroxylation sites is 1. The topological polar surface area (TPSA) is 84.9 Å². The molecule has 0 aliphatic heterocycles. The lowest BCUT2D eigenvalue weighted by atomic mass is 10.2. The van der Waals surface area contributed by atoms with Gasteiger partial charge in [0.15, 0.2) is 0 Å². The molecule has 0 bridgehead atoms. The summed E-state index contributed by atoms with van der Waals surface area (Å²) >= 11 is 6.11. The van der Waals surface area contributed by atoms with Crippen molar-refractivity contribution in [2.24, 2.45) is 0 Å². The van der Waals surface area contributed by atoms with E-state index in [2.05, 4.69) is 5.32 Å². The number of nitrogens with zero attached hydrogens (tertiary/aromatic N) is 1. The van der Waals surface area contributed by atoms with Crippen LogP contribution >= 0.6 is 11.6 Å². The van der Waals surface area contributed by atoms with Crippen LogP contribution in [0.2, 0.25) is 5.02 Å². The lowest BCUT2D eigenvalue weighted by Gasteiger charge is -2.20. The van der Waals surface area contributed by atoms with E-state index in [9.17, 15) is 13.2 Å². The highest BCUT2D eigenvalue weighted by Crippen LogP contribution is 2.28. The van der Waals surface area contributed by atoms with Gasteiger partial charge >= 0.3 is 0 Å². The van der Waals surface area contributed by atoms with Gasteiger partial charge in [-0.05, 0) is 31.2 Å². The van der Waals surface area contributed by atoms with Crippen LogP contribution in [0.15, 0.2) is 47.4 Å². The van der Waals surface area contributed by atoms with E-state index in [1.165, 1.54) is 18.2 Å². The van der Waals surface area contributed by atoms with E-state index < -0.39 is 15.9 Å². The molecule has 0 fully saturated rings. The van der Waals surface area contributed by atoms with Gasteiger partial charge in [0.25, 0.3) is 0 Å². The van der Waals surface area contributed by atoms with Gasteiger partial charge in [0.1, 0.15) is 11.5 Å². The second kappa shape index (κ2) is 10.5. The first-order chi connectivity index (χ1) is 13.8. The number of ether oxygens (including phenoxy) is 2. The first-order valence-corrected chi connectivity index (χ1v) is 11.0. The molecule has 0 unspecified atom stereocenters. The fourth-order valence-corrected chi connectivity index (χ4v) is 4.42. The van der Waals surface area contributed by atoms with Gasteiger partial charge in [0, 0.05) is 18.7 Å². The highest BCUT2D eigenvalue weighted by Gasteiger charge is 2.26.